The molecule has 10 nitrogen and oxygen atoms in total. The van der Waals surface area contributed by atoms with E-state index in [1.54, 1.807) is 16.5 Å². The van der Waals surface area contributed by atoms with E-state index in [0.717, 1.165) is 0 Å². The molecule has 2 aliphatic heterocycles. The van der Waals surface area contributed by atoms with Crippen LogP contribution in [-0.4, -0.2) is 88.7 Å². The number of carboxylic acids is 1. The summed E-state index contributed by atoms with van der Waals surface area (Å²) < 4.78 is 65.3. The first-order valence-electron chi connectivity index (χ1n) is 8.07. The molecule has 1 N–H and O–H groups in total. The number of nitrogens with zero attached hydrogens (tertiary/aromatic N) is 4. The maximum absolute atomic E-state index is 12.6. The van der Waals surface area contributed by atoms with Crippen molar-refractivity contribution in [1.29, 1.82) is 0 Å². The summed E-state index contributed by atoms with van der Waals surface area (Å²) in [5.41, 5.74) is 0. The van der Waals surface area contributed by atoms with Crippen LogP contribution in [0.2, 0.25) is 0 Å². The molecule has 14 heteroatoms. The molecule has 0 bridgehead atoms. The average molecular weight is 428 g/mol. The standard InChI is InChI=1S/C12H18N4O4S.C2HF3O2/c1-3-16-9-4-15(5-10(9)20-7-12(16)17)21(18,19)11-6-14(2)8-13-11;3-2(4,5)1(6)7/h6,8-10H,3-5,7H2,1-2H3;(H,6,7)/t9-,10-;/m0./s1. The second-order valence-corrected chi connectivity index (χ2v) is 7.98. The second kappa shape index (κ2) is 8.05. The normalized spacial score (nSPS) is 23.2. The summed E-state index contributed by atoms with van der Waals surface area (Å²) >= 11 is 0. The van der Waals surface area contributed by atoms with E-state index in [-0.39, 0.29) is 42.8 Å². The van der Waals surface area contributed by atoms with Crippen LogP contribution in [0.25, 0.3) is 0 Å². The number of aliphatic carboxylic acids is 1. The number of carboxylic acid groups (broad SMARTS) is 1. The molecule has 158 valence electrons. The largest absolute Gasteiger partial charge is 0.490 e. The van der Waals surface area contributed by atoms with Gasteiger partial charge < -0.3 is 19.3 Å². The number of ether oxygens (including phenoxy) is 1. The molecule has 3 heterocycles. The molecule has 2 aliphatic rings. The topological polar surface area (TPSA) is 122 Å². The third-order valence-electron chi connectivity index (χ3n) is 4.21. The molecule has 0 radical (unpaired) electrons. The van der Waals surface area contributed by atoms with Crippen molar-refractivity contribution in [3.63, 3.8) is 0 Å². The van der Waals surface area contributed by atoms with Gasteiger partial charge in [-0.2, -0.15) is 17.5 Å². The van der Waals surface area contributed by atoms with Crippen LogP contribution in [0.4, 0.5) is 13.2 Å². The van der Waals surface area contributed by atoms with Gasteiger partial charge in [0.2, 0.25) is 5.91 Å². The van der Waals surface area contributed by atoms with Gasteiger partial charge in [0.15, 0.2) is 5.03 Å². The van der Waals surface area contributed by atoms with Crippen LogP contribution in [-0.2, 0) is 31.4 Å². The number of alkyl halides is 3. The molecule has 0 saturated carbocycles. The van der Waals surface area contributed by atoms with Crippen molar-refractivity contribution in [2.75, 3.05) is 26.2 Å². The zero-order valence-electron chi connectivity index (χ0n) is 15.0. The number of carbonyl (C=O) groups excluding carboxylic acids is 1. The van der Waals surface area contributed by atoms with Crippen LogP contribution in [0.3, 0.4) is 0 Å². The minimum atomic E-state index is -5.08. The molecule has 3 rings (SSSR count). The van der Waals surface area contributed by atoms with Crippen LogP contribution >= 0.6 is 0 Å². The van der Waals surface area contributed by atoms with Gasteiger partial charge in [0.05, 0.1) is 18.5 Å². The number of morpholine rings is 1. The number of aromatic nitrogens is 2. The lowest BCUT2D eigenvalue weighted by Crippen LogP contribution is -2.53. The van der Waals surface area contributed by atoms with E-state index in [4.69, 9.17) is 14.6 Å². The smallest absolute Gasteiger partial charge is 0.475 e. The van der Waals surface area contributed by atoms with Gasteiger partial charge >= 0.3 is 12.1 Å². The van der Waals surface area contributed by atoms with Gasteiger partial charge in [-0.25, -0.2) is 18.2 Å². The molecule has 2 saturated heterocycles. The van der Waals surface area contributed by atoms with Gasteiger partial charge in [0.1, 0.15) is 6.61 Å². The van der Waals surface area contributed by atoms with E-state index < -0.39 is 22.2 Å². The Bertz CT molecular complexity index is 840. The molecule has 0 spiro atoms. The van der Waals surface area contributed by atoms with E-state index >= 15 is 0 Å². The van der Waals surface area contributed by atoms with Crippen LogP contribution in [0, 0.1) is 0 Å². The summed E-state index contributed by atoms with van der Waals surface area (Å²) in [6.45, 7) is 2.97. The number of sulfonamides is 1. The minimum Gasteiger partial charge on any atom is -0.475 e. The van der Waals surface area contributed by atoms with Gasteiger partial charge in [0, 0.05) is 32.9 Å². The summed E-state index contributed by atoms with van der Waals surface area (Å²) in [5.74, 6) is -2.84. The summed E-state index contributed by atoms with van der Waals surface area (Å²) in [4.78, 5) is 26.3. The summed E-state index contributed by atoms with van der Waals surface area (Å²) in [6.07, 6.45) is -2.42. The fourth-order valence-electron chi connectivity index (χ4n) is 2.89. The Hall–Kier alpha value is -2.19. The summed E-state index contributed by atoms with van der Waals surface area (Å²) in [5, 5.41) is 7.15. The Morgan fingerprint density at radius 1 is 1.39 bits per heavy atom. The van der Waals surface area contributed by atoms with E-state index in [2.05, 4.69) is 4.98 Å². The molecule has 2 fully saturated rings. The zero-order valence-corrected chi connectivity index (χ0v) is 15.8. The van der Waals surface area contributed by atoms with Crippen molar-refractivity contribution in [2.45, 2.75) is 30.3 Å². The molecule has 0 unspecified atom stereocenters. The third-order valence-corrected chi connectivity index (χ3v) is 5.93. The van der Waals surface area contributed by atoms with E-state index in [1.165, 1.54) is 16.8 Å². The van der Waals surface area contributed by atoms with E-state index in [9.17, 15) is 26.4 Å². The van der Waals surface area contributed by atoms with E-state index in [1.807, 2.05) is 6.92 Å². The number of fused-ring (bicyclic) bond motifs is 1. The van der Waals surface area contributed by atoms with Crippen molar-refractivity contribution in [2.24, 2.45) is 7.05 Å². The number of rotatable bonds is 3. The maximum atomic E-state index is 12.6. The molecule has 1 aromatic rings. The third kappa shape index (κ3) is 4.62. The Kier molecular flexibility index (Phi) is 6.35. The van der Waals surface area contributed by atoms with Crippen molar-refractivity contribution < 1.29 is 41.0 Å². The fraction of sp³-hybridized carbons (Fsp3) is 0.643. The monoisotopic (exact) mass is 428 g/mol. The van der Waals surface area contributed by atoms with Crippen LogP contribution in [0.1, 0.15) is 6.92 Å². The van der Waals surface area contributed by atoms with Gasteiger partial charge in [0.25, 0.3) is 10.0 Å². The fourth-order valence-corrected chi connectivity index (χ4v) is 4.33. The quantitative estimate of drug-likeness (QED) is 0.700. The van der Waals surface area contributed by atoms with Crippen molar-refractivity contribution in [3.8, 4) is 0 Å². The second-order valence-electron chi connectivity index (χ2n) is 6.10. The Labute approximate surface area is 158 Å². The average Bonchev–Trinajstić information content (AvgIpc) is 3.21. The first-order valence-corrected chi connectivity index (χ1v) is 9.51. The number of hydrogen-bond donors (Lipinski definition) is 1. The summed E-state index contributed by atoms with van der Waals surface area (Å²) in [7, 11) is -1.92. The molecule has 28 heavy (non-hydrogen) atoms. The van der Waals surface area contributed by atoms with Crippen LogP contribution in [0.5, 0.6) is 0 Å². The van der Waals surface area contributed by atoms with Gasteiger partial charge in [-0.05, 0) is 6.92 Å². The number of amides is 1. The minimum absolute atomic E-state index is 0.0203. The van der Waals surface area contributed by atoms with Crippen molar-refractivity contribution in [3.05, 3.63) is 12.5 Å². The highest BCUT2D eigenvalue weighted by Gasteiger charge is 2.46. The number of hydrogen-bond acceptors (Lipinski definition) is 6. The molecule has 2 atom stereocenters. The van der Waals surface area contributed by atoms with E-state index in [0.29, 0.717) is 6.54 Å². The van der Waals surface area contributed by atoms with Gasteiger partial charge in [-0.3, -0.25) is 4.79 Å². The SMILES string of the molecule is CCN1C(=O)CO[C@H]2CN(S(=O)(=O)c3cn(C)cn3)C[C@@H]21.O=C(O)C(F)(F)F. The van der Waals surface area contributed by atoms with Crippen molar-refractivity contribution >= 4 is 21.9 Å². The lowest BCUT2D eigenvalue weighted by Gasteiger charge is -2.35. The number of likely N-dealkylation sites (N-methyl/N-ethyl adjacent to an activating group) is 1. The van der Waals surface area contributed by atoms with Crippen LogP contribution < -0.4 is 0 Å². The lowest BCUT2D eigenvalue weighted by atomic mass is 10.1. The molecule has 1 aromatic heterocycles. The lowest BCUT2D eigenvalue weighted by molar-refractivity contribution is -0.192. The van der Waals surface area contributed by atoms with Gasteiger partial charge in [-0.15, -0.1) is 0 Å². The number of halogens is 3. The predicted octanol–water partition coefficient (Wildman–Crippen LogP) is -0.326. The number of imidazole rings is 1. The zero-order chi connectivity index (χ0) is 21.3. The van der Waals surface area contributed by atoms with Crippen LogP contribution in [0.15, 0.2) is 17.6 Å². The molecular weight excluding hydrogens is 409 g/mol. The number of carbonyl (C=O) groups is 2. The Morgan fingerprint density at radius 2 is 2.00 bits per heavy atom. The highest BCUT2D eigenvalue weighted by molar-refractivity contribution is 7.89. The Balaban J connectivity index is 0.000000345. The molecule has 1 amide bonds. The van der Waals surface area contributed by atoms with Crippen molar-refractivity contribution in [1.82, 2.24) is 18.8 Å². The number of aryl methyl sites for hydroxylation is 1. The first kappa shape index (κ1) is 22.1. The maximum Gasteiger partial charge on any atom is 0.490 e. The molecular formula is C14H19F3N4O6S. The highest BCUT2D eigenvalue weighted by Crippen LogP contribution is 2.27. The highest BCUT2D eigenvalue weighted by atomic mass is 32.2. The van der Waals surface area contributed by atoms with Gasteiger partial charge in [-0.1, -0.05) is 0 Å². The summed E-state index contributed by atoms with van der Waals surface area (Å²) in [6, 6.07) is -0.213. The first-order chi connectivity index (χ1) is 12.9. The predicted molar refractivity (Wildman–Crippen MR) is 86.6 cm³/mol. The molecule has 0 aliphatic carbocycles. The molecule has 0 aromatic carbocycles. The Morgan fingerprint density at radius 3 is 2.46 bits per heavy atom.